The highest BCUT2D eigenvalue weighted by atomic mass is 16.5. The molecule has 4 heteroatoms. The van der Waals surface area contributed by atoms with Crippen molar-refractivity contribution in [2.24, 2.45) is 11.8 Å². The van der Waals surface area contributed by atoms with E-state index in [-0.39, 0.29) is 35.7 Å². The molecule has 21 heavy (non-hydrogen) atoms. The van der Waals surface area contributed by atoms with Crippen molar-refractivity contribution in [2.45, 2.75) is 46.1 Å². The minimum atomic E-state index is -0.190. The summed E-state index contributed by atoms with van der Waals surface area (Å²) in [5.74, 6) is 0.424. The van der Waals surface area contributed by atoms with Gasteiger partial charge in [-0.1, -0.05) is 26.0 Å². The Bertz CT molecular complexity index is 519. The predicted molar refractivity (Wildman–Crippen MR) is 81.0 cm³/mol. The van der Waals surface area contributed by atoms with E-state index >= 15 is 0 Å². The van der Waals surface area contributed by atoms with Crippen molar-refractivity contribution in [2.75, 3.05) is 0 Å². The third-order valence-electron chi connectivity index (χ3n) is 3.80. The van der Waals surface area contributed by atoms with Crippen LogP contribution in [0.5, 0.6) is 5.75 Å². The summed E-state index contributed by atoms with van der Waals surface area (Å²) >= 11 is 0. The lowest BCUT2D eigenvalue weighted by Crippen LogP contribution is -2.46. The number of hydrogen-bond donors (Lipinski definition) is 1. The highest BCUT2D eigenvalue weighted by molar-refractivity contribution is 6.00. The van der Waals surface area contributed by atoms with Crippen LogP contribution in [-0.4, -0.2) is 17.9 Å². The lowest BCUT2D eigenvalue weighted by Gasteiger charge is -2.33. The first kappa shape index (κ1) is 15.5. The number of rotatable bonds is 4. The minimum absolute atomic E-state index is 0.0562. The summed E-state index contributed by atoms with van der Waals surface area (Å²) in [5.41, 5.74) is 1.02. The largest absolute Gasteiger partial charge is 0.491 e. The maximum Gasteiger partial charge on any atom is 0.230 e. The summed E-state index contributed by atoms with van der Waals surface area (Å²) in [6, 6.07) is 7.74. The number of amides is 2. The van der Waals surface area contributed by atoms with Crippen LogP contribution in [0.4, 0.5) is 0 Å². The van der Waals surface area contributed by atoms with Crippen molar-refractivity contribution in [3.8, 4) is 5.75 Å². The fourth-order valence-corrected chi connectivity index (χ4v) is 2.94. The van der Waals surface area contributed by atoms with E-state index in [2.05, 4.69) is 5.32 Å². The minimum Gasteiger partial charge on any atom is -0.491 e. The Morgan fingerprint density at radius 1 is 1.10 bits per heavy atom. The van der Waals surface area contributed by atoms with Gasteiger partial charge in [0.25, 0.3) is 0 Å². The van der Waals surface area contributed by atoms with E-state index in [4.69, 9.17) is 4.74 Å². The van der Waals surface area contributed by atoms with Crippen LogP contribution in [0, 0.1) is 11.8 Å². The van der Waals surface area contributed by atoms with Crippen molar-refractivity contribution in [3.05, 3.63) is 29.8 Å². The van der Waals surface area contributed by atoms with Gasteiger partial charge in [0.1, 0.15) is 5.75 Å². The van der Waals surface area contributed by atoms with Crippen molar-refractivity contribution in [1.29, 1.82) is 0 Å². The van der Waals surface area contributed by atoms with E-state index in [0.717, 1.165) is 11.3 Å². The van der Waals surface area contributed by atoms with Gasteiger partial charge in [-0.15, -0.1) is 0 Å². The van der Waals surface area contributed by atoms with Gasteiger partial charge < -0.3 is 4.74 Å². The summed E-state index contributed by atoms with van der Waals surface area (Å²) in [6.07, 6.45) is 0.486. The first-order chi connectivity index (χ1) is 9.88. The average molecular weight is 289 g/mol. The molecule has 2 rings (SSSR count). The van der Waals surface area contributed by atoms with Crippen molar-refractivity contribution in [1.82, 2.24) is 5.32 Å². The summed E-state index contributed by atoms with van der Waals surface area (Å²) in [5, 5.41) is 2.45. The molecule has 1 aliphatic heterocycles. The monoisotopic (exact) mass is 289 g/mol. The molecule has 4 nitrogen and oxygen atoms in total. The van der Waals surface area contributed by atoms with Gasteiger partial charge in [-0.2, -0.15) is 0 Å². The van der Waals surface area contributed by atoms with E-state index in [1.165, 1.54) is 0 Å². The number of nitrogens with one attached hydrogen (secondary N) is 1. The fraction of sp³-hybridized carbons (Fsp3) is 0.529. The Hall–Kier alpha value is -1.84. The van der Waals surface area contributed by atoms with Gasteiger partial charge in [0.05, 0.1) is 6.10 Å². The molecular formula is C17H23NO3. The zero-order chi connectivity index (χ0) is 15.6. The van der Waals surface area contributed by atoms with Crippen LogP contribution in [-0.2, 0) is 9.59 Å². The zero-order valence-corrected chi connectivity index (χ0v) is 13.1. The van der Waals surface area contributed by atoms with Crippen LogP contribution in [0.1, 0.15) is 45.6 Å². The number of imide groups is 1. The van der Waals surface area contributed by atoms with Gasteiger partial charge in [0.2, 0.25) is 11.8 Å². The predicted octanol–water partition coefficient (Wildman–Crippen LogP) is 2.88. The standard InChI is InChI=1S/C17H23NO3/c1-10(2)16-14(9-15(19)18-17(16)20)12-5-7-13(8-6-12)21-11(3)4/h5-8,10-11,14,16H,9H2,1-4H3,(H,18,19,20). The molecule has 0 bridgehead atoms. The molecule has 1 N–H and O–H groups in total. The highest BCUT2D eigenvalue weighted by Crippen LogP contribution is 2.36. The number of carbonyl (C=O) groups excluding carboxylic acids is 2. The molecule has 0 radical (unpaired) electrons. The number of hydrogen-bond acceptors (Lipinski definition) is 3. The van der Waals surface area contributed by atoms with Gasteiger partial charge >= 0.3 is 0 Å². The first-order valence-electron chi connectivity index (χ1n) is 7.48. The maximum absolute atomic E-state index is 12.1. The van der Waals surface area contributed by atoms with Crippen LogP contribution < -0.4 is 10.1 Å². The Balaban J connectivity index is 2.24. The first-order valence-corrected chi connectivity index (χ1v) is 7.48. The summed E-state index contributed by atoms with van der Waals surface area (Å²) < 4.78 is 5.63. The number of ether oxygens (including phenoxy) is 1. The molecule has 0 saturated carbocycles. The lowest BCUT2D eigenvalue weighted by atomic mass is 9.75. The van der Waals surface area contributed by atoms with Crippen LogP contribution in [0.2, 0.25) is 0 Å². The van der Waals surface area contributed by atoms with Crippen LogP contribution in [0.25, 0.3) is 0 Å². The normalized spacial score (nSPS) is 22.6. The second-order valence-electron chi connectivity index (χ2n) is 6.23. The van der Waals surface area contributed by atoms with E-state index < -0.39 is 0 Å². The molecule has 1 heterocycles. The summed E-state index contributed by atoms with van der Waals surface area (Å²) in [7, 11) is 0. The molecule has 1 aliphatic rings. The molecular weight excluding hydrogens is 266 g/mol. The van der Waals surface area contributed by atoms with E-state index in [9.17, 15) is 9.59 Å². The maximum atomic E-state index is 12.1. The van der Waals surface area contributed by atoms with Gasteiger partial charge in [-0.3, -0.25) is 14.9 Å². The van der Waals surface area contributed by atoms with Crippen molar-refractivity contribution >= 4 is 11.8 Å². The topological polar surface area (TPSA) is 55.4 Å². The van der Waals surface area contributed by atoms with Crippen molar-refractivity contribution < 1.29 is 14.3 Å². The number of carbonyl (C=O) groups is 2. The molecule has 2 unspecified atom stereocenters. The Labute approximate surface area is 125 Å². The van der Waals surface area contributed by atoms with Crippen LogP contribution in [0.3, 0.4) is 0 Å². The molecule has 1 aromatic carbocycles. The zero-order valence-electron chi connectivity index (χ0n) is 13.1. The van der Waals surface area contributed by atoms with E-state index in [0.29, 0.717) is 6.42 Å². The highest BCUT2D eigenvalue weighted by Gasteiger charge is 2.38. The Morgan fingerprint density at radius 2 is 1.71 bits per heavy atom. The second-order valence-corrected chi connectivity index (χ2v) is 6.23. The van der Waals surface area contributed by atoms with Gasteiger partial charge in [-0.25, -0.2) is 0 Å². The molecule has 0 aromatic heterocycles. The fourth-order valence-electron chi connectivity index (χ4n) is 2.94. The Kier molecular flexibility index (Phi) is 4.66. The van der Waals surface area contributed by atoms with Gasteiger partial charge in [0, 0.05) is 18.3 Å². The second kappa shape index (κ2) is 6.29. The number of piperidine rings is 1. The van der Waals surface area contributed by atoms with Crippen LogP contribution in [0.15, 0.2) is 24.3 Å². The molecule has 0 spiro atoms. The molecule has 114 valence electrons. The molecule has 1 saturated heterocycles. The molecule has 0 aliphatic carbocycles. The summed E-state index contributed by atoms with van der Waals surface area (Å²) in [6.45, 7) is 7.99. The Morgan fingerprint density at radius 3 is 2.24 bits per heavy atom. The SMILES string of the molecule is CC(C)Oc1ccc(C2CC(=O)NC(=O)C2C(C)C)cc1. The summed E-state index contributed by atoms with van der Waals surface area (Å²) in [4.78, 5) is 23.8. The number of benzene rings is 1. The quantitative estimate of drug-likeness (QED) is 0.867. The van der Waals surface area contributed by atoms with Crippen LogP contribution >= 0.6 is 0 Å². The smallest absolute Gasteiger partial charge is 0.230 e. The average Bonchev–Trinajstić information content (AvgIpc) is 2.37. The molecule has 2 amide bonds. The third-order valence-corrected chi connectivity index (χ3v) is 3.80. The van der Waals surface area contributed by atoms with E-state index in [1.807, 2.05) is 52.0 Å². The van der Waals surface area contributed by atoms with Gasteiger partial charge in [-0.05, 0) is 37.5 Å². The lowest BCUT2D eigenvalue weighted by molar-refractivity contribution is -0.138. The van der Waals surface area contributed by atoms with Gasteiger partial charge in [0.15, 0.2) is 0 Å². The van der Waals surface area contributed by atoms with Crippen molar-refractivity contribution in [3.63, 3.8) is 0 Å². The molecule has 1 aromatic rings. The third kappa shape index (κ3) is 3.63. The molecule has 2 atom stereocenters. The van der Waals surface area contributed by atoms with E-state index in [1.54, 1.807) is 0 Å². The molecule has 1 fully saturated rings.